The molecule has 0 spiro atoms. The van der Waals surface area contributed by atoms with Gasteiger partial charge >= 0.3 is 0 Å². The first-order valence-electron chi connectivity index (χ1n) is 3.66. The lowest BCUT2D eigenvalue weighted by atomic mass is 10.6. The van der Waals surface area contributed by atoms with Crippen molar-refractivity contribution in [2.24, 2.45) is 5.73 Å². The molecule has 0 unspecified atom stereocenters. The number of likely N-dealkylation sites (N-methyl/N-ethyl adjacent to an activating group) is 1. The standard InChI is InChI=1S/C6H15N3O3S/c1-9(5-6(7)8)13(10,11)4-3-12-2/h3-5H2,1-2H3,(H3,7,8). The van der Waals surface area contributed by atoms with Crippen LogP contribution in [-0.4, -0.2) is 51.6 Å². The van der Waals surface area contributed by atoms with E-state index in [1.54, 1.807) is 0 Å². The molecule has 0 heterocycles. The molecule has 3 N–H and O–H groups in total. The van der Waals surface area contributed by atoms with E-state index in [2.05, 4.69) is 4.74 Å². The summed E-state index contributed by atoms with van der Waals surface area (Å²) >= 11 is 0. The van der Waals surface area contributed by atoms with Crippen molar-refractivity contribution in [3.05, 3.63) is 0 Å². The number of nitrogens with one attached hydrogen (secondary N) is 1. The van der Waals surface area contributed by atoms with Crippen LogP contribution in [-0.2, 0) is 14.8 Å². The monoisotopic (exact) mass is 209 g/mol. The molecular weight excluding hydrogens is 194 g/mol. The van der Waals surface area contributed by atoms with Gasteiger partial charge in [0.25, 0.3) is 0 Å². The molecule has 0 saturated heterocycles. The molecule has 0 saturated carbocycles. The molecule has 13 heavy (non-hydrogen) atoms. The Morgan fingerprint density at radius 1 is 1.62 bits per heavy atom. The molecule has 0 aromatic carbocycles. The topological polar surface area (TPSA) is 96.5 Å². The summed E-state index contributed by atoms with van der Waals surface area (Å²) < 4.78 is 28.3. The third-order valence-corrected chi connectivity index (χ3v) is 3.17. The van der Waals surface area contributed by atoms with Gasteiger partial charge in [0.2, 0.25) is 10.0 Å². The molecule has 0 atom stereocenters. The van der Waals surface area contributed by atoms with E-state index in [4.69, 9.17) is 11.1 Å². The maximum Gasteiger partial charge on any atom is 0.216 e. The predicted molar refractivity (Wildman–Crippen MR) is 50.2 cm³/mol. The van der Waals surface area contributed by atoms with Crippen LogP contribution in [0.1, 0.15) is 0 Å². The van der Waals surface area contributed by atoms with Crippen molar-refractivity contribution >= 4 is 15.9 Å². The number of sulfonamides is 1. The van der Waals surface area contributed by atoms with E-state index in [1.807, 2.05) is 0 Å². The molecule has 0 rings (SSSR count). The van der Waals surface area contributed by atoms with E-state index in [0.717, 1.165) is 4.31 Å². The highest BCUT2D eigenvalue weighted by molar-refractivity contribution is 7.89. The van der Waals surface area contributed by atoms with Gasteiger partial charge in [0.15, 0.2) is 0 Å². The zero-order valence-corrected chi connectivity index (χ0v) is 8.60. The number of amidine groups is 1. The first kappa shape index (κ1) is 12.3. The first-order chi connectivity index (χ1) is 5.90. The van der Waals surface area contributed by atoms with Crippen LogP contribution in [0.3, 0.4) is 0 Å². The van der Waals surface area contributed by atoms with E-state index >= 15 is 0 Å². The van der Waals surface area contributed by atoms with Crippen LogP contribution in [0.2, 0.25) is 0 Å². The number of rotatable bonds is 6. The van der Waals surface area contributed by atoms with Gasteiger partial charge in [-0.05, 0) is 0 Å². The fourth-order valence-electron chi connectivity index (χ4n) is 0.683. The van der Waals surface area contributed by atoms with Crippen LogP contribution in [0.5, 0.6) is 0 Å². The largest absolute Gasteiger partial charge is 0.387 e. The second kappa shape index (κ2) is 5.15. The van der Waals surface area contributed by atoms with Gasteiger partial charge in [0, 0.05) is 14.2 Å². The molecule has 0 bridgehead atoms. The lowest BCUT2D eigenvalue weighted by Crippen LogP contribution is -2.37. The van der Waals surface area contributed by atoms with E-state index in [-0.39, 0.29) is 24.7 Å². The van der Waals surface area contributed by atoms with Crippen molar-refractivity contribution in [3.63, 3.8) is 0 Å². The van der Waals surface area contributed by atoms with Crippen molar-refractivity contribution in [1.82, 2.24) is 4.31 Å². The normalized spacial score (nSPS) is 11.9. The number of hydrogen-bond acceptors (Lipinski definition) is 4. The number of hydrogen-bond donors (Lipinski definition) is 2. The van der Waals surface area contributed by atoms with Crippen LogP contribution in [0.25, 0.3) is 0 Å². The van der Waals surface area contributed by atoms with Gasteiger partial charge in [-0.3, -0.25) is 5.41 Å². The summed E-state index contributed by atoms with van der Waals surface area (Å²) in [6, 6.07) is 0. The lowest BCUT2D eigenvalue weighted by molar-refractivity contribution is 0.216. The number of nitrogens with two attached hydrogens (primary N) is 1. The molecule has 0 aliphatic carbocycles. The first-order valence-corrected chi connectivity index (χ1v) is 5.27. The number of ether oxygens (including phenoxy) is 1. The molecule has 0 amide bonds. The Balaban J connectivity index is 4.20. The predicted octanol–water partition coefficient (Wildman–Crippen LogP) is -1.17. The van der Waals surface area contributed by atoms with Gasteiger partial charge in [-0.15, -0.1) is 0 Å². The van der Waals surface area contributed by atoms with Gasteiger partial charge in [-0.25, -0.2) is 8.42 Å². The van der Waals surface area contributed by atoms with Crippen molar-refractivity contribution in [3.8, 4) is 0 Å². The zero-order chi connectivity index (χ0) is 10.5. The van der Waals surface area contributed by atoms with Gasteiger partial charge in [0.1, 0.15) is 5.84 Å². The fraction of sp³-hybridized carbons (Fsp3) is 0.833. The molecule has 0 aliphatic rings. The van der Waals surface area contributed by atoms with E-state index < -0.39 is 10.0 Å². The number of methoxy groups -OCH3 is 1. The third-order valence-electron chi connectivity index (χ3n) is 1.41. The summed E-state index contributed by atoms with van der Waals surface area (Å²) in [5, 5.41) is 6.92. The van der Waals surface area contributed by atoms with Gasteiger partial charge in [-0.1, -0.05) is 0 Å². The minimum absolute atomic E-state index is 0.0773. The maximum absolute atomic E-state index is 11.3. The third kappa shape index (κ3) is 4.81. The molecule has 6 nitrogen and oxygen atoms in total. The molecule has 0 aromatic rings. The van der Waals surface area contributed by atoms with E-state index in [0.29, 0.717) is 0 Å². The minimum Gasteiger partial charge on any atom is -0.387 e. The Kier molecular flexibility index (Phi) is 4.89. The lowest BCUT2D eigenvalue weighted by Gasteiger charge is -2.15. The van der Waals surface area contributed by atoms with Crippen LogP contribution in [0.15, 0.2) is 0 Å². The second-order valence-corrected chi connectivity index (χ2v) is 4.79. The Hall–Kier alpha value is -0.660. The minimum atomic E-state index is -3.33. The van der Waals surface area contributed by atoms with E-state index in [1.165, 1.54) is 14.2 Å². The van der Waals surface area contributed by atoms with Crippen molar-refractivity contribution in [2.45, 2.75) is 0 Å². The quantitative estimate of drug-likeness (QED) is 0.425. The number of nitrogens with zero attached hydrogens (tertiary/aromatic N) is 1. The summed E-state index contributed by atoms with van der Waals surface area (Å²) in [4.78, 5) is 0. The van der Waals surface area contributed by atoms with Crippen molar-refractivity contribution < 1.29 is 13.2 Å². The van der Waals surface area contributed by atoms with Crippen LogP contribution >= 0.6 is 0 Å². The Bertz CT molecular complexity index is 262. The smallest absolute Gasteiger partial charge is 0.216 e. The Morgan fingerprint density at radius 3 is 2.54 bits per heavy atom. The highest BCUT2D eigenvalue weighted by Gasteiger charge is 2.17. The zero-order valence-electron chi connectivity index (χ0n) is 7.78. The maximum atomic E-state index is 11.3. The summed E-state index contributed by atoms with van der Waals surface area (Å²) in [6.45, 7) is 0.0661. The fourth-order valence-corrected chi connectivity index (χ4v) is 1.71. The Morgan fingerprint density at radius 2 is 2.15 bits per heavy atom. The average Bonchev–Trinajstić information content (AvgIpc) is 1.99. The summed E-state index contributed by atoms with van der Waals surface area (Å²) in [5.74, 6) is -0.267. The highest BCUT2D eigenvalue weighted by atomic mass is 32.2. The van der Waals surface area contributed by atoms with Crippen molar-refractivity contribution in [1.29, 1.82) is 5.41 Å². The molecule has 0 radical (unpaired) electrons. The molecule has 0 aromatic heterocycles. The summed E-state index contributed by atoms with van der Waals surface area (Å²) in [6.07, 6.45) is 0. The molecule has 78 valence electrons. The van der Waals surface area contributed by atoms with Gasteiger partial charge in [-0.2, -0.15) is 4.31 Å². The molecule has 0 fully saturated rings. The average molecular weight is 209 g/mol. The molecule has 7 heteroatoms. The Labute approximate surface area is 78.2 Å². The van der Waals surface area contributed by atoms with Gasteiger partial charge in [0.05, 0.1) is 18.9 Å². The van der Waals surface area contributed by atoms with Gasteiger partial charge < -0.3 is 10.5 Å². The highest BCUT2D eigenvalue weighted by Crippen LogP contribution is 1.96. The molecule has 0 aliphatic heterocycles. The molecular formula is C6H15N3O3S. The van der Waals surface area contributed by atoms with Crippen LogP contribution in [0, 0.1) is 5.41 Å². The van der Waals surface area contributed by atoms with E-state index in [9.17, 15) is 8.42 Å². The van der Waals surface area contributed by atoms with Crippen LogP contribution < -0.4 is 5.73 Å². The second-order valence-electron chi connectivity index (χ2n) is 2.59. The van der Waals surface area contributed by atoms with Crippen molar-refractivity contribution in [2.75, 3.05) is 33.1 Å². The summed E-state index contributed by atoms with van der Waals surface area (Å²) in [7, 11) is -0.518. The van der Waals surface area contributed by atoms with Crippen LogP contribution in [0.4, 0.5) is 0 Å². The summed E-state index contributed by atoms with van der Waals surface area (Å²) in [5.41, 5.74) is 5.06. The SMILES string of the molecule is COCCS(=O)(=O)N(C)CC(=N)N.